The average Bonchev–Trinajstić information content (AvgIpc) is 2.95. The van der Waals surface area contributed by atoms with Crippen LogP contribution in [0.5, 0.6) is 0 Å². The number of halogens is 2. The summed E-state index contributed by atoms with van der Waals surface area (Å²) in [7, 11) is 2.79. The summed E-state index contributed by atoms with van der Waals surface area (Å²) in [6, 6.07) is 4.17. The standard InChI is InChI=1S/C13H10Cl2N8O3/c1-21-12(17-19-20-21)16-10(24)9-11(25)23(13(26)22(2)18-9)8-4-6(14)3-7(15)5-8/h3-5H,1-2H3,(H,16,17,20,24). The van der Waals surface area contributed by atoms with Gasteiger partial charge in [-0.1, -0.05) is 28.3 Å². The number of rotatable bonds is 3. The maximum Gasteiger partial charge on any atom is 0.351 e. The fraction of sp³-hybridized carbons (Fsp3) is 0.154. The highest BCUT2D eigenvalue weighted by atomic mass is 35.5. The second-order valence-electron chi connectivity index (χ2n) is 5.10. The molecule has 0 aliphatic heterocycles. The summed E-state index contributed by atoms with van der Waals surface area (Å²) >= 11 is 11.9. The zero-order valence-corrected chi connectivity index (χ0v) is 14.9. The first kappa shape index (κ1) is 17.8. The molecular formula is C13H10Cl2N8O3. The number of nitrogens with one attached hydrogen (secondary N) is 1. The summed E-state index contributed by atoms with van der Waals surface area (Å²) < 4.78 is 2.78. The van der Waals surface area contributed by atoms with Crippen molar-refractivity contribution in [3.63, 3.8) is 0 Å². The van der Waals surface area contributed by atoms with E-state index in [0.717, 1.165) is 9.25 Å². The van der Waals surface area contributed by atoms with Gasteiger partial charge in [-0.2, -0.15) is 5.10 Å². The van der Waals surface area contributed by atoms with Gasteiger partial charge < -0.3 is 0 Å². The second-order valence-corrected chi connectivity index (χ2v) is 5.98. The van der Waals surface area contributed by atoms with Gasteiger partial charge in [0, 0.05) is 24.1 Å². The number of hydrogen-bond acceptors (Lipinski definition) is 7. The Bertz CT molecular complexity index is 1110. The van der Waals surface area contributed by atoms with Crippen molar-refractivity contribution in [3.05, 3.63) is 54.8 Å². The van der Waals surface area contributed by atoms with Gasteiger partial charge in [-0.25, -0.2) is 18.7 Å². The van der Waals surface area contributed by atoms with Gasteiger partial charge >= 0.3 is 5.69 Å². The topological polar surface area (TPSA) is 130 Å². The molecular weight excluding hydrogens is 387 g/mol. The highest BCUT2D eigenvalue weighted by Crippen LogP contribution is 2.20. The van der Waals surface area contributed by atoms with Crippen molar-refractivity contribution in [2.24, 2.45) is 14.1 Å². The second kappa shape index (κ2) is 6.69. The molecule has 0 radical (unpaired) electrons. The van der Waals surface area contributed by atoms with Crippen molar-refractivity contribution < 1.29 is 4.79 Å². The van der Waals surface area contributed by atoms with Crippen LogP contribution in [0.2, 0.25) is 10.0 Å². The highest BCUT2D eigenvalue weighted by molar-refractivity contribution is 6.34. The third-order valence-corrected chi connectivity index (χ3v) is 3.73. The van der Waals surface area contributed by atoms with E-state index in [2.05, 4.69) is 25.9 Å². The molecule has 0 fully saturated rings. The van der Waals surface area contributed by atoms with Gasteiger partial charge in [0.25, 0.3) is 11.5 Å². The minimum absolute atomic E-state index is 0.00223. The van der Waals surface area contributed by atoms with Crippen LogP contribution in [-0.2, 0) is 14.1 Å². The SMILES string of the molecule is Cn1nnnc1NC(=O)c1nn(C)c(=O)n(-c2cc(Cl)cc(Cl)c2)c1=O. The van der Waals surface area contributed by atoms with Crippen LogP contribution in [0, 0.1) is 0 Å². The highest BCUT2D eigenvalue weighted by Gasteiger charge is 2.21. The lowest BCUT2D eigenvalue weighted by Gasteiger charge is -2.10. The monoisotopic (exact) mass is 396 g/mol. The maximum atomic E-state index is 12.7. The van der Waals surface area contributed by atoms with Crippen LogP contribution in [0.3, 0.4) is 0 Å². The Kier molecular flexibility index (Phi) is 4.57. The summed E-state index contributed by atoms with van der Waals surface area (Å²) in [5.74, 6) is -0.882. The fourth-order valence-corrected chi connectivity index (χ4v) is 2.62. The third-order valence-electron chi connectivity index (χ3n) is 3.29. The van der Waals surface area contributed by atoms with Crippen LogP contribution in [0.1, 0.15) is 10.5 Å². The number of benzene rings is 1. The van der Waals surface area contributed by atoms with Gasteiger partial charge in [0.2, 0.25) is 11.6 Å². The van der Waals surface area contributed by atoms with Crippen molar-refractivity contribution in [2.75, 3.05) is 5.32 Å². The number of aryl methyl sites for hydroxylation is 2. The lowest BCUT2D eigenvalue weighted by atomic mass is 10.3. The fourth-order valence-electron chi connectivity index (χ4n) is 2.11. The smallest absolute Gasteiger partial charge is 0.288 e. The predicted octanol–water partition coefficient (Wildman–Crippen LogP) is 0.0138. The largest absolute Gasteiger partial charge is 0.351 e. The molecule has 134 valence electrons. The van der Waals surface area contributed by atoms with E-state index in [1.807, 2.05) is 0 Å². The van der Waals surface area contributed by atoms with E-state index in [0.29, 0.717) is 0 Å². The molecule has 0 spiro atoms. The maximum absolute atomic E-state index is 12.7. The average molecular weight is 397 g/mol. The van der Waals surface area contributed by atoms with E-state index in [1.54, 1.807) is 0 Å². The van der Waals surface area contributed by atoms with Gasteiger partial charge in [-0.05, 0) is 28.6 Å². The molecule has 0 saturated carbocycles. The molecule has 1 N–H and O–H groups in total. The number of hydrogen-bond donors (Lipinski definition) is 1. The van der Waals surface area contributed by atoms with Crippen LogP contribution in [0.15, 0.2) is 27.8 Å². The van der Waals surface area contributed by atoms with Gasteiger partial charge in [0.05, 0.1) is 5.69 Å². The first-order chi connectivity index (χ1) is 12.3. The van der Waals surface area contributed by atoms with Crippen LogP contribution in [0.25, 0.3) is 5.69 Å². The molecule has 0 bridgehead atoms. The Morgan fingerprint density at radius 3 is 2.31 bits per heavy atom. The summed E-state index contributed by atoms with van der Waals surface area (Å²) in [4.78, 5) is 37.5. The number of tetrazole rings is 1. The van der Waals surface area contributed by atoms with Crippen molar-refractivity contribution in [1.82, 2.24) is 34.6 Å². The molecule has 0 unspecified atom stereocenters. The van der Waals surface area contributed by atoms with Gasteiger partial charge in [0.15, 0.2) is 0 Å². The predicted molar refractivity (Wildman–Crippen MR) is 91.8 cm³/mol. The van der Waals surface area contributed by atoms with Crippen LogP contribution < -0.4 is 16.6 Å². The minimum Gasteiger partial charge on any atom is -0.288 e. The van der Waals surface area contributed by atoms with E-state index in [1.165, 1.54) is 37.0 Å². The van der Waals surface area contributed by atoms with E-state index in [9.17, 15) is 14.4 Å². The molecule has 0 aliphatic rings. The Morgan fingerprint density at radius 2 is 1.73 bits per heavy atom. The molecule has 1 amide bonds. The lowest BCUT2D eigenvalue weighted by molar-refractivity contribution is 0.101. The first-order valence-electron chi connectivity index (χ1n) is 6.98. The molecule has 2 aromatic heterocycles. The van der Waals surface area contributed by atoms with Gasteiger partial charge in [-0.15, -0.1) is 0 Å². The summed E-state index contributed by atoms with van der Waals surface area (Å²) in [6.07, 6.45) is 0. The molecule has 26 heavy (non-hydrogen) atoms. The first-order valence-corrected chi connectivity index (χ1v) is 7.74. The summed E-state index contributed by atoms with van der Waals surface area (Å²) in [5, 5.41) is 17.0. The summed E-state index contributed by atoms with van der Waals surface area (Å²) in [5.41, 5.74) is -2.15. The van der Waals surface area contributed by atoms with Gasteiger partial charge in [-0.3, -0.25) is 14.9 Å². The lowest BCUT2D eigenvalue weighted by Crippen LogP contribution is -2.43. The normalized spacial score (nSPS) is 10.8. The molecule has 2 heterocycles. The third kappa shape index (κ3) is 3.21. The molecule has 0 atom stereocenters. The number of nitrogens with zero attached hydrogens (tertiary/aromatic N) is 7. The number of carbonyl (C=O) groups excluding carboxylic acids is 1. The van der Waals surface area contributed by atoms with Crippen molar-refractivity contribution in [3.8, 4) is 5.69 Å². The van der Waals surface area contributed by atoms with Crippen LogP contribution >= 0.6 is 23.2 Å². The van der Waals surface area contributed by atoms with Crippen LogP contribution in [0.4, 0.5) is 5.95 Å². The number of aromatic nitrogens is 7. The number of anilines is 1. The number of amides is 1. The van der Waals surface area contributed by atoms with Crippen molar-refractivity contribution in [1.29, 1.82) is 0 Å². The quantitative estimate of drug-likeness (QED) is 0.659. The molecule has 0 aliphatic carbocycles. The Hall–Kier alpha value is -3.05. The minimum atomic E-state index is -0.945. The molecule has 13 heteroatoms. The summed E-state index contributed by atoms with van der Waals surface area (Å²) in [6.45, 7) is 0. The Balaban J connectivity index is 2.16. The number of carbonyl (C=O) groups is 1. The van der Waals surface area contributed by atoms with Crippen molar-refractivity contribution >= 4 is 35.1 Å². The van der Waals surface area contributed by atoms with E-state index in [4.69, 9.17) is 23.2 Å². The van der Waals surface area contributed by atoms with Gasteiger partial charge in [0.1, 0.15) is 0 Å². The Morgan fingerprint density at radius 1 is 1.08 bits per heavy atom. The molecule has 3 aromatic rings. The van der Waals surface area contributed by atoms with Crippen LogP contribution in [-0.4, -0.2) is 40.5 Å². The molecule has 11 nitrogen and oxygen atoms in total. The molecule has 3 rings (SSSR count). The van der Waals surface area contributed by atoms with Crippen molar-refractivity contribution in [2.45, 2.75) is 0 Å². The zero-order valence-electron chi connectivity index (χ0n) is 13.3. The zero-order chi connectivity index (χ0) is 19.0. The van der Waals surface area contributed by atoms with E-state index < -0.39 is 22.9 Å². The van der Waals surface area contributed by atoms with E-state index >= 15 is 0 Å². The molecule has 0 saturated heterocycles. The van der Waals surface area contributed by atoms with E-state index in [-0.39, 0.29) is 21.7 Å². The Labute approximate surface area is 154 Å². The molecule has 1 aromatic carbocycles.